The number of aromatic nitrogens is 3. The van der Waals surface area contributed by atoms with E-state index in [9.17, 15) is 23.5 Å². The molecule has 2 aromatic rings. The average Bonchev–Trinajstić information content (AvgIpc) is 3.35. The molecule has 154 valence electrons. The molecule has 1 saturated carbocycles. The minimum absolute atomic E-state index is 0.0465. The molecular formula is C19H21F2N5O3. The van der Waals surface area contributed by atoms with Gasteiger partial charge in [-0.2, -0.15) is 0 Å². The van der Waals surface area contributed by atoms with Crippen LogP contribution in [0.4, 0.5) is 8.78 Å². The van der Waals surface area contributed by atoms with Crippen LogP contribution in [-0.2, 0) is 4.79 Å². The van der Waals surface area contributed by atoms with Gasteiger partial charge in [0.15, 0.2) is 11.5 Å². The number of nitrogens with one attached hydrogen (secondary N) is 1. The molecular weight excluding hydrogens is 384 g/mol. The monoisotopic (exact) mass is 405 g/mol. The second-order valence-electron chi connectivity index (χ2n) is 7.66. The largest absolute Gasteiger partial charge is 0.481 e. The Balaban J connectivity index is 1.43. The van der Waals surface area contributed by atoms with E-state index in [-0.39, 0.29) is 11.4 Å². The molecule has 1 aromatic carbocycles. The van der Waals surface area contributed by atoms with Crippen molar-refractivity contribution in [3.63, 3.8) is 0 Å². The van der Waals surface area contributed by atoms with Gasteiger partial charge in [-0.15, -0.1) is 5.10 Å². The van der Waals surface area contributed by atoms with Crippen molar-refractivity contribution in [3.8, 4) is 5.69 Å². The molecule has 2 atom stereocenters. The van der Waals surface area contributed by atoms with Crippen molar-refractivity contribution >= 4 is 11.9 Å². The maximum atomic E-state index is 13.9. The first-order chi connectivity index (χ1) is 13.9. The minimum atomic E-state index is -0.951. The zero-order chi connectivity index (χ0) is 20.5. The quantitative estimate of drug-likeness (QED) is 0.755. The Morgan fingerprint density at radius 2 is 2.03 bits per heavy atom. The maximum Gasteiger partial charge on any atom is 0.309 e. The van der Waals surface area contributed by atoms with Crippen molar-refractivity contribution < 1.29 is 23.5 Å². The minimum Gasteiger partial charge on any atom is -0.481 e. The molecule has 1 aliphatic carbocycles. The number of carboxylic acid groups (broad SMARTS) is 1. The van der Waals surface area contributed by atoms with Gasteiger partial charge in [-0.1, -0.05) is 5.21 Å². The Kier molecular flexibility index (Phi) is 5.27. The van der Waals surface area contributed by atoms with Gasteiger partial charge in [-0.3, -0.25) is 9.59 Å². The van der Waals surface area contributed by atoms with Crippen molar-refractivity contribution in [1.29, 1.82) is 0 Å². The number of aliphatic carboxylic acids is 1. The number of halogens is 2. The fraction of sp³-hybridized carbons (Fsp3) is 0.474. The van der Waals surface area contributed by atoms with E-state index in [2.05, 4.69) is 20.5 Å². The van der Waals surface area contributed by atoms with Gasteiger partial charge in [0.05, 0.1) is 12.1 Å². The molecule has 2 unspecified atom stereocenters. The highest BCUT2D eigenvalue weighted by molar-refractivity contribution is 5.92. The fourth-order valence-corrected chi connectivity index (χ4v) is 3.67. The number of carbonyl (C=O) groups excluding carboxylic acids is 1. The summed E-state index contributed by atoms with van der Waals surface area (Å²) in [5, 5.41) is 19.8. The van der Waals surface area contributed by atoms with Gasteiger partial charge in [-0.25, -0.2) is 13.5 Å². The Morgan fingerprint density at radius 3 is 2.72 bits per heavy atom. The van der Waals surface area contributed by atoms with Gasteiger partial charge >= 0.3 is 5.97 Å². The third kappa shape index (κ3) is 4.42. The Labute approximate surface area is 165 Å². The van der Waals surface area contributed by atoms with Crippen LogP contribution in [0.5, 0.6) is 0 Å². The van der Waals surface area contributed by atoms with Gasteiger partial charge < -0.3 is 15.3 Å². The van der Waals surface area contributed by atoms with E-state index in [1.54, 1.807) is 0 Å². The average molecular weight is 405 g/mol. The summed E-state index contributed by atoms with van der Waals surface area (Å²) >= 11 is 0. The van der Waals surface area contributed by atoms with Gasteiger partial charge in [0, 0.05) is 31.7 Å². The molecule has 2 N–H and O–H groups in total. The van der Waals surface area contributed by atoms with Crippen LogP contribution >= 0.6 is 0 Å². The lowest BCUT2D eigenvalue weighted by Crippen LogP contribution is -2.54. The fourth-order valence-electron chi connectivity index (χ4n) is 3.67. The molecule has 0 radical (unpaired) electrons. The van der Waals surface area contributed by atoms with Crippen molar-refractivity contribution in [2.45, 2.75) is 25.3 Å². The molecule has 2 heterocycles. The third-order valence-electron chi connectivity index (χ3n) is 5.43. The van der Waals surface area contributed by atoms with Gasteiger partial charge in [0.2, 0.25) is 0 Å². The molecule has 1 aliphatic heterocycles. The Hall–Kier alpha value is -2.88. The SMILES string of the molecule is O=C(NC1CCN(CC2CC2)CC1C(=O)O)c1cn(-c2ccc(F)cc2F)nn1. The Bertz CT molecular complexity index is 930. The highest BCUT2D eigenvalue weighted by Gasteiger charge is 2.37. The lowest BCUT2D eigenvalue weighted by molar-refractivity contribution is -0.144. The molecule has 10 heteroatoms. The van der Waals surface area contributed by atoms with Crippen molar-refractivity contribution in [3.05, 3.63) is 41.7 Å². The topological polar surface area (TPSA) is 100 Å². The number of rotatable bonds is 6. The molecule has 0 bridgehead atoms. The number of hydrogen-bond acceptors (Lipinski definition) is 5. The first-order valence-corrected chi connectivity index (χ1v) is 9.54. The molecule has 0 spiro atoms. The first kappa shape index (κ1) is 19.4. The second kappa shape index (κ2) is 7.86. The van der Waals surface area contributed by atoms with E-state index in [4.69, 9.17) is 0 Å². The standard InChI is InChI=1S/C19H21F2N5O3/c20-12-3-4-17(14(21)7-12)26-10-16(23-24-26)18(27)22-15-5-6-25(8-11-1-2-11)9-13(15)19(28)29/h3-4,7,10-11,13,15H,1-2,5-6,8-9H2,(H,22,27)(H,28,29). The predicted molar refractivity (Wildman–Crippen MR) is 97.4 cm³/mol. The van der Waals surface area contributed by atoms with Gasteiger partial charge in [-0.05, 0) is 37.3 Å². The van der Waals surface area contributed by atoms with E-state index in [1.807, 2.05) is 0 Å². The van der Waals surface area contributed by atoms with E-state index in [0.29, 0.717) is 24.9 Å². The summed E-state index contributed by atoms with van der Waals surface area (Å²) < 4.78 is 28.0. The van der Waals surface area contributed by atoms with Crippen molar-refractivity contribution in [2.24, 2.45) is 11.8 Å². The number of likely N-dealkylation sites (tertiary alicyclic amines) is 1. The highest BCUT2D eigenvalue weighted by Crippen LogP contribution is 2.31. The molecule has 4 rings (SSSR count). The lowest BCUT2D eigenvalue weighted by Gasteiger charge is -2.36. The summed E-state index contributed by atoms with van der Waals surface area (Å²) in [5.41, 5.74) is -0.118. The predicted octanol–water partition coefficient (Wildman–Crippen LogP) is 1.46. The number of benzene rings is 1. The molecule has 1 amide bonds. The van der Waals surface area contributed by atoms with Crippen LogP contribution in [-0.4, -0.2) is 62.6 Å². The summed E-state index contributed by atoms with van der Waals surface area (Å²) in [4.78, 5) is 26.4. The van der Waals surface area contributed by atoms with Crippen LogP contribution in [0.2, 0.25) is 0 Å². The number of hydrogen-bond donors (Lipinski definition) is 2. The van der Waals surface area contributed by atoms with E-state index in [0.717, 1.165) is 23.8 Å². The third-order valence-corrected chi connectivity index (χ3v) is 5.43. The smallest absolute Gasteiger partial charge is 0.309 e. The maximum absolute atomic E-state index is 13.9. The Morgan fingerprint density at radius 1 is 1.24 bits per heavy atom. The number of carboxylic acids is 1. The number of amides is 1. The summed E-state index contributed by atoms with van der Waals surface area (Å²) in [6.07, 6.45) is 4.14. The number of nitrogens with zero attached hydrogens (tertiary/aromatic N) is 4. The molecule has 1 aromatic heterocycles. The summed E-state index contributed by atoms with van der Waals surface area (Å²) in [5.74, 6) is -3.14. The van der Waals surface area contributed by atoms with Gasteiger partial charge in [0.1, 0.15) is 11.5 Å². The van der Waals surface area contributed by atoms with E-state index < -0.39 is 35.5 Å². The molecule has 8 nitrogen and oxygen atoms in total. The zero-order valence-electron chi connectivity index (χ0n) is 15.6. The normalized spacial score (nSPS) is 22.4. The van der Waals surface area contributed by atoms with Crippen molar-refractivity contribution in [2.75, 3.05) is 19.6 Å². The van der Waals surface area contributed by atoms with Crippen molar-refractivity contribution in [1.82, 2.24) is 25.2 Å². The molecule has 1 saturated heterocycles. The van der Waals surface area contributed by atoms with Gasteiger partial charge in [0.25, 0.3) is 5.91 Å². The van der Waals surface area contributed by atoms with Crippen LogP contribution in [0.15, 0.2) is 24.4 Å². The first-order valence-electron chi connectivity index (χ1n) is 9.54. The summed E-state index contributed by atoms with van der Waals surface area (Å²) in [7, 11) is 0. The van der Waals surface area contributed by atoms with Crippen LogP contribution in [0.25, 0.3) is 5.69 Å². The highest BCUT2D eigenvalue weighted by atomic mass is 19.1. The molecule has 2 aliphatic rings. The summed E-state index contributed by atoms with van der Waals surface area (Å²) in [6.45, 7) is 2.02. The lowest BCUT2D eigenvalue weighted by atomic mass is 9.91. The van der Waals surface area contributed by atoms with E-state index >= 15 is 0 Å². The number of piperidine rings is 1. The summed E-state index contributed by atoms with van der Waals surface area (Å²) in [6, 6.07) is 2.45. The van der Waals surface area contributed by atoms with Crippen LogP contribution < -0.4 is 5.32 Å². The number of carbonyl (C=O) groups is 2. The van der Waals surface area contributed by atoms with E-state index in [1.165, 1.54) is 25.1 Å². The second-order valence-corrected chi connectivity index (χ2v) is 7.66. The van der Waals surface area contributed by atoms with Crippen LogP contribution in [0, 0.1) is 23.5 Å². The van der Waals surface area contributed by atoms with Crippen LogP contribution in [0.3, 0.4) is 0 Å². The zero-order valence-corrected chi connectivity index (χ0v) is 15.6. The molecule has 2 fully saturated rings. The molecule has 29 heavy (non-hydrogen) atoms. The van der Waals surface area contributed by atoms with Crippen LogP contribution in [0.1, 0.15) is 29.8 Å².